The summed E-state index contributed by atoms with van der Waals surface area (Å²) in [5.74, 6) is 0.666. The Morgan fingerprint density at radius 3 is 2.70 bits per heavy atom. The van der Waals surface area contributed by atoms with Gasteiger partial charge in [-0.15, -0.1) is 10.2 Å². The van der Waals surface area contributed by atoms with E-state index < -0.39 is 4.92 Å². The van der Waals surface area contributed by atoms with Gasteiger partial charge in [0.1, 0.15) is 23.2 Å². The van der Waals surface area contributed by atoms with Crippen LogP contribution in [-0.2, 0) is 6.61 Å². The van der Waals surface area contributed by atoms with E-state index in [1.807, 2.05) is 0 Å². The molecule has 27 heavy (non-hydrogen) atoms. The lowest BCUT2D eigenvalue weighted by atomic mass is 10.1. The Hall–Kier alpha value is -3.40. The molecule has 0 atom stereocenters. The maximum Gasteiger partial charge on any atom is 0.272 e. The van der Waals surface area contributed by atoms with Gasteiger partial charge in [0.2, 0.25) is 4.96 Å². The Morgan fingerprint density at radius 2 is 2.00 bits per heavy atom. The van der Waals surface area contributed by atoms with Gasteiger partial charge in [0.05, 0.1) is 4.92 Å². The Balaban J connectivity index is 1.59. The SMILES string of the molecule is Cc1cc(-c2nn3c(COc4ccc(F)cc4)nnc3s2)ccc1[N+](=O)[O-]. The number of hydrogen-bond acceptors (Lipinski definition) is 7. The molecule has 0 radical (unpaired) electrons. The molecule has 0 bridgehead atoms. The molecule has 0 N–H and O–H groups in total. The number of benzene rings is 2. The molecule has 0 amide bonds. The molecule has 0 fully saturated rings. The van der Waals surface area contributed by atoms with Crippen molar-refractivity contribution in [2.24, 2.45) is 0 Å². The van der Waals surface area contributed by atoms with Crippen LogP contribution in [0.3, 0.4) is 0 Å². The molecule has 0 aliphatic rings. The summed E-state index contributed by atoms with van der Waals surface area (Å²) in [7, 11) is 0. The normalized spacial score (nSPS) is 11.0. The van der Waals surface area contributed by atoms with E-state index in [2.05, 4.69) is 15.3 Å². The number of nitro groups is 1. The second-order valence-electron chi connectivity index (χ2n) is 5.72. The van der Waals surface area contributed by atoms with Crippen molar-refractivity contribution in [3.8, 4) is 16.3 Å². The van der Waals surface area contributed by atoms with Gasteiger partial charge in [-0.05, 0) is 43.3 Å². The average Bonchev–Trinajstić information content (AvgIpc) is 3.22. The van der Waals surface area contributed by atoms with Crippen LogP contribution in [0, 0.1) is 22.9 Å². The van der Waals surface area contributed by atoms with Crippen LogP contribution >= 0.6 is 11.3 Å². The lowest BCUT2D eigenvalue weighted by Gasteiger charge is -2.03. The summed E-state index contributed by atoms with van der Waals surface area (Å²) < 4.78 is 20.1. The maximum absolute atomic E-state index is 12.9. The summed E-state index contributed by atoms with van der Waals surface area (Å²) >= 11 is 1.32. The first-order valence-corrected chi connectivity index (χ1v) is 8.68. The maximum atomic E-state index is 12.9. The number of aryl methyl sites for hydroxylation is 1. The molecule has 4 rings (SSSR count). The number of nitro benzene ring substituents is 1. The van der Waals surface area contributed by atoms with Gasteiger partial charge in [0, 0.05) is 17.2 Å². The highest BCUT2D eigenvalue weighted by Gasteiger charge is 2.16. The van der Waals surface area contributed by atoms with Crippen molar-refractivity contribution in [1.29, 1.82) is 0 Å². The van der Waals surface area contributed by atoms with Gasteiger partial charge in [0.25, 0.3) is 5.69 Å². The van der Waals surface area contributed by atoms with Gasteiger partial charge in [-0.25, -0.2) is 4.39 Å². The molecule has 0 unspecified atom stereocenters. The van der Waals surface area contributed by atoms with E-state index in [0.29, 0.717) is 27.1 Å². The third kappa shape index (κ3) is 3.34. The third-order valence-electron chi connectivity index (χ3n) is 3.88. The highest BCUT2D eigenvalue weighted by Crippen LogP contribution is 2.29. The highest BCUT2D eigenvalue weighted by molar-refractivity contribution is 7.19. The number of halogens is 1. The quantitative estimate of drug-likeness (QED) is 0.383. The Kier molecular flexibility index (Phi) is 4.24. The van der Waals surface area contributed by atoms with Crippen LogP contribution in [0.5, 0.6) is 5.75 Å². The van der Waals surface area contributed by atoms with Gasteiger partial charge < -0.3 is 4.74 Å². The first-order valence-electron chi connectivity index (χ1n) is 7.86. The second-order valence-corrected chi connectivity index (χ2v) is 6.67. The van der Waals surface area contributed by atoms with Crippen molar-refractivity contribution in [3.63, 3.8) is 0 Å². The minimum Gasteiger partial charge on any atom is -0.486 e. The second kappa shape index (κ2) is 6.72. The zero-order valence-electron chi connectivity index (χ0n) is 14.0. The molecular formula is C17H12FN5O3S. The number of rotatable bonds is 5. The zero-order valence-corrected chi connectivity index (χ0v) is 14.8. The Bertz CT molecular complexity index is 1140. The van der Waals surface area contributed by atoms with Gasteiger partial charge >= 0.3 is 0 Å². The molecule has 8 nitrogen and oxygen atoms in total. The minimum absolute atomic E-state index is 0.0649. The zero-order chi connectivity index (χ0) is 19.0. The summed E-state index contributed by atoms with van der Waals surface area (Å²) in [5.41, 5.74) is 1.39. The smallest absolute Gasteiger partial charge is 0.272 e. The van der Waals surface area contributed by atoms with Crippen LogP contribution < -0.4 is 4.74 Å². The lowest BCUT2D eigenvalue weighted by molar-refractivity contribution is -0.385. The number of aromatic nitrogens is 4. The first kappa shape index (κ1) is 17.0. The summed E-state index contributed by atoms with van der Waals surface area (Å²) in [6.07, 6.45) is 0. The molecule has 0 saturated heterocycles. The molecule has 136 valence electrons. The molecule has 0 aliphatic heterocycles. The standard InChI is InChI=1S/C17H12FN5O3S/c1-10-8-11(2-7-14(10)23(24)25)16-21-22-15(19-20-17(22)27-16)9-26-13-5-3-12(18)4-6-13/h2-8H,9H2,1H3. The lowest BCUT2D eigenvalue weighted by Crippen LogP contribution is -2.02. The van der Waals surface area contributed by atoms with Crippen LogP contribution in [0.1, 0.15) is 11.4 Å². The van der Waals surface area contributed by atoms with E-state index in [9.17, 15) is 14.5 Å². The predicted molar refractivity (Wildman–Crippen MR) is 96.2 cm³/mol. The molecule has 0 spiro atoms. The van der Waals surface area contributed by atoms with E-state index in [1.165, 1.54) is 41.7 Å². The topological polar surface area (TPSA) is 95.5 Å². The van der Waals surface area contributed by atoms with E-state index >= 15 is 0 Å². The highest BCUT2D eigenvalue weighted by atomic mass is 32.1. The van der Waals surface area contributed by atoms with Crippen LogP contribution in [0.25, 0.3) is 15.5 Å². The predicted octanol–water partition coefficient (Wildman–Crippen LogP) is 3.79. The fourth-order valence-corrected chi connectivity index (χ4v) is 3.39. The van der Waals surface area contributed by atoms with Crippen molar-refractivity contribution in [2.75, 3.05) is 0 Å². The van der Waals surface area contributed by atoms with Gasteiger partial charge in [0.15, 0.2) is 5.82 Å². The molecule has 2 aromatic heterocycles. The van der Waals surface area contributed by atoms with Gasteiger partial charge in [-0.1, -0.05) is 11.3 Å². The monoisotopic (exact) mass is 385 g/mol. The average molecular weight is 385 g/mol. The molecule has 0 saturated carbocycles. The largest absolute Gasteiger partial charge is 0.486 e. The van der Waals surface area contributed by atoms with Gasteiger partial charge in [-0.2, -0.15) is 9.61 Å². The van der Waals surface area contributed by atoms with Crippen molar-refractivity contribution in [3.05, 3.63) is 69.8 Å². The van der Waals surface area contributed by atoms with Crippen molar-refractivity contribution < 1.29 is 14.1 Å². The van der Waals surface area contributed by atoms with E-state index in [-0.39, 0.29) is 18.1 Å². The molecule has 0 aliphatic carbocycles. The Labute approximate surface area is 156 Å². The third-order valence-corrected chi connectivity index (χ3v) is 4.83. The molecule has 2 aromatic carbocycles. The summed E-state index contributed by atoms with van der Waals surface area (Å²) in [4.78, 5) is 11.1. The van der Waals surface area contributed by atoms with Crippen molar-refractivity contribution in [2.45, 2.75) is 13.5 Å². The fourth-order valence-electron chi connectivity index (χ4n) is 2.54. The summed E-state index contributed by atoms with van der Waals surface area (Å²) in [5, 5.41) is 24.2. The Morgan fingerprint density at radius 1 is 1.22 bits per heavy atom. The number of ether oxygens (including phenoxy) is 1. The first-order chi connectivity index (χ1) is 13.0. The summed E-state index contributed by atoms with van der Waals surface area (Å²) in [6, 6.07) is 10.5. The number of nitrogens with zero attached hydrogens (tertiary/aromatic N) is 5. The van der Waals surface area contributed by atoms with Crippen LogP contribution in [0.15, 0.2) is 42.5 Å². The molecular weight excluding hydrogens is 373 g/mol. The fraction of sp³-hybridized carbons (Fsp3) is 0.118. The number of hydrogen-bond donors (Lipinski definition) is 0. The van der Waals surface area contributed by atoms with Crippen LogP contribution in [-0.4, -0.2) is 24.7 Å². The number of fused-ring (bicyclic) bond motifs is 1. The van der Waals surface area contributed by atoms with Crippen LogP contribution in [0.4, 0.5) is 10.1 Å². The van der Waals surface area contributed by atoms with Crippen molar-refractivity contribution >= 4 is 22.0 Å². The van der Waals surface area contributed by atoms with Gasteiger partial charge in [-0.3, -0.25) is 10.1 Å². The molecule has 10 heteroatoms. The molecule has 2 heterocycles. The molecule has 4 aromatic rings. The minimum atomic E-state index is -0.414. The summed E-state index contributed by atoms with van der Waals surface area (Å²) in [6.45, 7) is 1.80. The van der Waals surface area contributed by atoms with E-state index in [1.54, 1.807) is 23.6 Å². The van der Waals surface area contributed by atoms with Crippen LogP contribution in [0.2, 0.25) is 0 Å². The van der Waals surface area contributed by atoms with Crippen molar-refractivity contribution in [1.82, 2.24) is 19.8 Å². The van der Waals surface area contributed by atoms with E-state index in [4.69, 9.17) is 4.74 Å². The van der Waals surface area contributed by atoms with E-state index in [0.717, 1.165) is 5.56 Å².